The summed E-state index contributed by atoms with van der Waals surface area (Å²) < 4.78 is 5.54. The Labute approximate surface area is 92.4 Å². The maximum atomic E-state index is 5.90. The van der Waals surface area contributed by atoms with Crippen LogP contribution in [0.4, 0.5) is 6.01 Å². The predicted molar refractivity (Wildman–Crippen MR) is 60.3 cm³/mol. The van der Waals surface area contributed by atoms with E-state index in [0.29, 0.717) is 17.4 Å². The molecule has 1 aliphatic carbocycles. The Balaban J connectivity index is 1.80. The molecule has 0 atom stereocenters. The van der Waals surface area contributed by atoms with Crippen molar-refractivity contribution in [2.75, 3.05) is 5.32 Å². The Bertz CT molecular complexity index is 443. The number of benzene rings is 1. The number of halogens is 1. The number of fused-ring (bicyclic) bond motifs is 1. The van der Waals surface area contributed by atoms with Crippen molar-refractivity contribution in [2.45, 2.75) is 24.3 Å². The van der Waals surface area contributed by atoms with Crippen LogP contribution in [0.2, 0.25) is 0 Å². The highest BCUT2D eigenvalue weighted by atomic mass is 35.5. The molecule has 1 N–H and O–H groups in total. The molecular formula is C11H11ClN2O. The number of hydrogen-bond donors (Lipinski definition) is 1. The van der Waals surface area contributed by atoms with E-state index in [1.165, 1.54) is 0 Å². The van der Waals surface area contributed by atoms with Crippen LogP contribution in [0, 0.1) is 0 Å². The van der Waals surface area contributed by atoms with Crippen molar-refractivity contribution in [3.8, 4) is 0 Å². The van der Waals surface area contributed by atoms with Crippen LogP contribution in [0.1, 0.15) is 12.8 Å². The van der Waals surface area contributed by atoms with E-state index < -0.39 is 0 Å². The first-order valence-corrected chi connectivity index (χ1v) is 5.51. The minimum Gasteiger partial charge on any atom is -0.424 e. The van der Waals surface area contributed by atoms with Gasteiger partial charge in [0.15, 0.2) is 5.58 Å². The van der Waals surface area contributed by atoms with Crippen LogP contribution in [0.25, 0.3) is 11.1 Å². The molecule has 0 bridgehead atoms. The fourth-order valence-electron chi connectivity index (χ4n) is 1.77. The fourth-order valence-corrected chi connectivity index (χ4v) is 2.20. The van der Waals surface area contributed by atoms with Gasteiger partial charge in [0.1, 0.15) is 5.52 Å². The second-order valence-corrected chi connectivity index (χ2v) is 4.51. The van der Waals surface area contributed by atoms with Crippen molar-refractivity contribution in [2.24, 2.45) is 0 Å². The lowest BCUT2D eigenvalue weighted by atomic mass is 9.93. The van der Waals surface area contributed by atoms with Gasteiger partial charge in [-0.05, 0) is 25.0 Å². The van der Waals surface area contributed by atoms with Crippen molar-refractivity contribution in [1.29, 1.82) is 0 Å². The van der Waals surface area contributed by atoms with Gasteiger partial charge in [0, 0.05) is 11.4 Å². The third kappa shape index (κ3) is 1.67. The summed E-state index contributed by atoms with van der Waals surface area (Å²) in [5.41, 5.74) is 1.71. The Hall–Kier alpha value is -1.22. The molecule has 78 valence electrons. The van der Waals surface area contributed by atoms with Crippen LogP contribution < -0.4 is 5.32 Å². The molecular weight excluding hydrogens is 212 g/mol. The van der Waals surface area contributed by atoms with Gasteiger partial charge in [0.2, 0.25) is 0 Å². The van der Waals surface area contributed by atoms with Gasteiger partial charge in [-0.2, -0.15) is 4.98 Å². The maximum Gasteiger partial charge on any atom is 0.295 e. The van der Waals surface area contributed by atoms with Crippen molar-refractivity contribution >= 4 is 28.7 Å². The number of anilines is 1. The molecule has 1 aromatic heterocycles. The van der Waals surface area contributed by atoms with Crippen LogP contribution >= 0.6 is 11.6 Å². The first-order chi connectivity index (χ1) is 7.31. The minimum absolute atomic E-state index is 0.312. The lowest BCUT2D eigenvalue weighted by Crippen LogP contribution is -2.36. The molecule has 4 heteroatoms. The van der Waals surface area contributed by atoms with Crippen LogP contribution in [0.3, 0.4) is 0 Å². The summed E-state index contributed by atoms with van der Waals surface area (Å²) in [4.78, 5) is 4.34. The Morgan fingerprint density at radius 1 is 1.33 bits per heavy atom. The molecule has 1 saturated carbocycles. The highest BCUT2D eigenvalue weighted by Gasteiger charge is 2.28. The first kappa shape index (κ1) is 9.04. The van der Waals surface area contributed by atoms with Gasteiger partial charge in [-0.15, -0.1) is 11.6 Å². The Morgan fingerprint density at radius 3 is 2.87 bits per heavy atom. The summed E-state index contributed by atoms with van der Waals surface area (Å²) in [6.45, 7) is 0. The van der Waals surface area contributed by atoms with Crippen LogP contribution in [0.5, 0.6) is 0 Å². The minimum atomic E-state index is 0.312. The second-order valence-electron chi connectivity index (χ2n) is 3.90. The maximum absolute atomic E-state index is 5.90. The Kier molecular flexibility index (Phi) is 2.06. The van der Waals surface area contributed by atoms with E-state index in [0.717, 1.165) is 23.9 Å². The zero-order valence-corrected chi connectivity index (χ0v) is 8.87. The molecule has 0 amide bonds. The summed E-state index contributed by atoms with van der Waals surface area (Å²) >= 11 is 5.90. The molecule has 0 radical (unpaired) electrons. The Morgan fingerprint density at radius 2 is 2.13 bits per heavy atom. The molecule has 2 aromatic rings. The molecule has 15 heavy (non-hydrogen) atoms. The van der Waals surface area contributed by atoms with Gasteiger partial charge in [-0.25, -0.2) is 0 Å². The van der Waals surface area contributed by atoms with Gasteiger partial charge in [-0.1, -0.05) is 12.1 Å². The standard InChI is InChI=1S/C11H11ClN2O/c12-7-5-8(6-7)13-11-14-9-3-1-2-4-10(9)15-11/h1-4,7-8H,5-6H2,(H,13,14). The van der Waals surface area contributed by atoms with Crippen LogP contribution in [0.15, 0.2) is 28.7 Å². The molecule has 1 aromatic carbocycles. The summed E-state index contributed by atoms with van der Waals surface area (Å²) in [5.74, 6) is 0. The topological polar surface area (TPSA) is 38.1 Å². The zero-order chi connectivity index (χ0) is 10.3. The van der Waals surface area contributed by atoms with Crippen molar-refractivity contribution in [1.82, 2.24) is 4.98 Å². The van der Waals surface area contributed by atoms with E-state index in [2.05, 4.69) is 10.3 Å². The molecule has 0 saturated heterocycles. The molecule has 0 spiro atoms. The number of oxazole rings is 1. The summed E-state index contributed by atoms with van der Waals surface area (Å²) in [5, 5.41) is 3.55. The van der Waals surface area contributed by atoms with Crippen LogP contribution in [-0.4, -0.2) is 16.4 Å². The van der Waals surface area contributed by atoms with Crippen molar-refractivity contribution in [3.05, 3.63) is 24.3 Å². The van der Waals surface area contributed by atoms with E-state index in [4.69, 9.17) is 16.0 Å². The molecule has 3 rings (SSSR count). The third-order valence-electron chi connectivity index (χ3n) is 2.70. The smallest absolute Gasteiger partial charge is 0.295 e. The van der Waals surface area contributed by atoms with Gasteiger partial charge in [0.05, 0.1) is 0 Å². The number of aromatic nitrogens is 1. The molecule has 1 fully saturated rings. The molecule has 1 heterocycles. The lowest BCUT2D eigenvalue weighted by molar-refractivity contribution is 0.440. The molecule has 0 unspecified atom stereocenters. The van der Waals surface area contributed by atoms with Gasteiger partial charge < -0.3 is 9.73 Å². The third-order valence-corrected chi connectivity index (χ3v) is 3.06. The van der Waals surface area contributed by atoms with Gasteiger partial charge in [-0.3, -0.25) is 0 Å². The van der Waals surface area contributed by atoms with Gasteiger partial charge in [0.25, 0.3) is 6.01 Å². The number of para-hydroxylation sites is 2. The molecule has 1 aliphatic rings. The highest BCUT2D eigenvalue weighted by molar-refractivity contribution is 6.21. The van der Waals surface area contributed by atoms with E-state index in [1.54, 1.807) is 0 Å². The highest BCUT2D eigenvalue weighted by Crippen LogP contribution is 2.29. The summed E-state index contributed by atoms with van der Waals surface area (Å²) in [6.07, 6.45) is 1.97. The van der Waals surface area contributed by atoms with E-state index >= 15 is 0 Å². The van der Waals surface area contributed by atoms with Crippen LogP contribution in [-0.2, 0) is 0 Å². The zero-order valence-electron chi connectivity index (χ0n) is 8.11. The van der Waals surface area contributed by atoms with E-state index in [1.807, 2.05) is 24.3 Å². The summed E-state index contributed by atoms with van der Waals surface area (Å²) in [6, 6.07) is 8.76. The lowest BCUT2D eigenvalue weighted by Gasteiger charge is -2.30. The molecule has 0 aliphatic heterocycles. The fraction of sp³-hybridized carbons (Fsp3) is 0.364. The average molecular weight is 223 g/mol. The summed E-state index contributed by atoms with van der Waals surface area (Å²) in [7, 11) is 0. The predicted octanol–water partition coefficient (Wildman–Crippen LogP) is 3.01. The molecule has 3 nitrogen and oxygen atoms in total. The first-order valence-electron chi connectivity index (χ1n) is 5.07. The van der Waals surface area contributed by atoms with Crippen molar-refractivity contribution < 1.29 is 4.42 Å². The quantitative estimate of drug-likeness (QED) is 0.794. The number of hydrogen-bond acceptors (Lipinski definition) is 3. The number of rotatable bonds is 2. The van der Waals surface area contributed by atoms with E-state index in [-0.39, 0.29) is 0 Å². The van der Waals surface area contributed by atoms with Gasteiger partial charge >= 0.3 is 0 Å². The van der Waals surface area contributed by atoms with E-state index in [9.17, 15) is 0 Å². The SMILES string of the molecule is ClC1CC(Nc2nc3ccccc3o2)C1. The average Bonchev–Trinajstić information content (AvgIpc) is 2.57. The largest absolute Gasteiger partial charge is 0.424 e. The second kappa shape index (κ2) is 3.42. The number of nitrogens with zero attached hydrogens (tertiary/aromatic N) is 1. The number of alkyl halides is 1. The normalized spacial score (nSPS) is 25.1. The van der Waals surface area contributed by atoms with Crippen molar-refractivity contribution in [3.63, 3.8) is 0 Å². The monoisotopic (exact) mass is 222 g/mol. The number of nitrogens with one attached hydrogen (secondary N) is 1.